The molecule has 1 aliphatic heterocycles. The topological polar surface area (TPSA) is 45.6 Å². The van der Waals surface area contributed by atoms with Gasteiger partial charge in [0.25, 0.3) is 0 Å². The lowest BCUT2D eigenvalue weighted by atomic mass is 10.2. The molecule has 1 aromatic heterocycles. The van der Waals surface area contributed by atoms with Gasteiger partial charge in [0.2, 0.25) is 0 Å². The maximum absolute atomic E-state index is 12.5. The Balaban J connectivity index is 2.21. The first-order valence-corrected chi connectivity index (χ1v) is 5.99. The molecule has 106 valence electrons. The number of anilines is 1. The van der Waals surface area contributed by atoms with Gasteiger partial charge in [0.15, 0.2) is 0 Å². The van der Waals surface area contributed by atoms with E-state index in [1.54, 1.807) is 4.90 Å². The second-order valence-electron chi connectivity index (χ2n) is 4.15. The number of aliphatic hydroxyl groups excluding tert-OH is 1. The highest BCUT2D eigenvalue weighted by Crippen LogP contribution is 2.33. The SMILES string of the molecule is OCC1CN(c2ncc(C(F)(F)F)cc2Cl)CCO1. The summed E-state index contributed by atoms with van der Waals surface area (Å²) in [7, 11) is 0. The lowest BCUT2D eigenvalue weighted by molar-refractivity contribution is -0.137. The summed E-state index contributed by atoms with van der Waals surface area (Å²) < 4.78 is 42.7. The van der Waals surface area contributed by atoms with Crippen LogP contribution in [-0.2, 0) is 10.9 Å². The molecule has 1 atom stereocenters. The minimum absolute atomic E-state index is 0.0617. The molecule has 2 heterocycles. The molecular formula is C11H12ClF3N2O2. The third kappa shape index (κ3) is 3.29. The van der Waals surface area contributed by atoms with E-state index in [4.69, 9.17) is 21.4 Å². The van der Waals surface area contributed by atoms with Crippen molar-refractivity contribution in [1.82, 2.24) is 4.98 Å². The van der Waals surface area contributed by atoms with Crippen LogP contribution in [0.1, 0.15) is 5.56 Å². The average Bonchev–Trinajstić information content (AvgIpc) is 2.37. The van der Waals surface area contributed by atoms with Crippen LogP contribution in [0.2, 0.25) is 5.02 Å². The Labute approximate surface area is 112 Å². The van der Waals surface area contributed by atoms with E-state index >= 15 is 0 Å². The number of alkyl halides is 3. The molecule has 1 saturated heterocycles. The van der Waals surface area contributed by atoms with Gasteiger partial charge in [-0.1, -0.05) is 11.6 Å². The summed E-state index contributed by atoms with van der Waals surface area (Å²) >= 11 is 5.85. The Bertz CT molecular complexity index is 456. The zero-order chi connectivity index (χ0) is 14.0. The highest BCUT2D eigenvalue weighted by molar-refractivity contribution is 6.33. The van der Waals surface area contributed by atoms with E-state index < -0.39 is 11.7 Å². The second-order valence-corrected chi connectivity index (χ2v) is 4.56. The van der Waals surface area contributed by atoms with Crippen LogP contribution in [0.5, 0.6) is 0 Å². The van der Waals surface area contributed by atoms with Crippen LogP contribution in [0, 0.1) is 0 Å². The minimum atomic E-state index is -4.46. The van der Waals surface area contributed by atoms with Gasteiger partial charge in [-0.2, -0.15) is 13.2 Å². The first kappa shape index (κ1) is 14.4. The number of hydrogen-bond acceptors (Lipinski definition) is 4. The van der Waals surface area contributed by atoms with E-state index in [1.165, 1.54) is 0 Å². The Morgan fingerprint density at radius 3 is 2.84 bits per heavy atom. The molecule has 0 aromatic carbocycles. The van der Waals surface area contributed by atoms with E-state index in [9.17, 15) is 13.2 Å². The van der Waals surface area contributed by atoms with Crippen LogP contribution in [0.25, 0.3) is 0 Å². The number of pyridine rings is 1. The Morgan fingerprint density at radius 1 is 1.53 bits per heavy atom. The standard InChI is InChI=1S/C11H12ClF3N2O2/c12-9-3-7(11(13,14)15)4-16-10(9)17-1-2-19-8(5-17)6-18/h3-4,8,18H,1-2,5-6H2. The number of aliphatic hydroxyl groups is 1. The molecule has 1 aliphatic rings. The molecule has 2 rings (SSSR count). The lowest BCUT2D eigenvalue weighted by Crippen LogP contribution is -2.44. The van der Waals surface area contributed by atoms with Crippen molar-refractivity contribution in [2.24, 2.45) is 0 Å². The van der Waals surface area contributed by atoms with Crippen molar-refractivity contribution in [3.05, 3.63) is 22.8 Å². The molecule has 19 heavy (non-hydrogen) atoms. The predicted molar refractivity (Wildman–Crippen MR) is 63.3 cm³/mol. The summed E-state index contributed by atoms with van der Waals surface area (Å²) in [4.78, 5) is 5.48. The lowest BCUT2D eigenvalue weighted by Gasteiger charge is -2.33. The molecule has 1 unspecified atom stereocenters. The summed E-state index contributed by atoms with van der Waals surface area (Å²) in [5, 5.41) is 8.96. The Hall–Kier alpha value is -1.05. The number of hydrogen-bond donors (Lipinski definition) is 1. The first-order valence-electron chi connectivity index (χ1n) is 5.62. The van der Waals surface area contributed by atoms with Crippen LogP contribution < -0.4 is 4.90 Å². The predicted octanol–water partition coefficient (Wildman–Crippen LogP) is 1.95. The van der Waals surface area contributed by atoms with Crippen molar-refractivity contribution in [2.45, 2.75) is 12.3 Å². The number of rotatable bonds is 2. The summed E-state index contributed by atoms with van der Waals surface area (Å²) in [6.07, 6.45) is -4.09. The van der Waals surface area contributed by atoms with E-state index in [-0.39, 0.29) is 23.6 Å². The Morgan fingerprint density at radius 2 is 2.26 bits per heavy atom. The number of halogens is 4. The highest BCUT2D eigenvalue weighted by atomic mass is 35.5. The van der Waals surface area contributed by atoms with Gasteiger partial charge in [0, 0.05) is 19.3 Å². The largest absolute Gasteiger partial charge is 0.417 e. The van der Waals surface area contributed by atoms with Crippen molar-refractivity contribution in [3.63, 3.8) is 0 Å². The van der Waals surface area contributed by atoms with E-state index in [0.717, 1.165) is 12.3 Å². The van der Waals surface area contributed by atoms with Gasteiger partial charge in [-0.3, -0.25) is 0 Å². The molecule has 0 amide bonds. The van der Waals surface area contributed by atoms with Gasteiger partial charge in [-0.25, -0.2) is 4.98 Å². The monoisotopic (exact) mass is 296 g/mol. The minimum Gasteiger partial charge on any atom is -0.394 e. The molecular weight excluding hydrogens is 285 g/mol. The van der Waals surface area contributed by atoms with Gasteiger partial charge in [-0.05, 0) is 6.07 Å². The third-order valence-electron chi connectivity index (χ3n) is 2.79. The number of ether oxygens (including phenoxy) is 1. The maximum atomic E-state index is 12.5. The molecule has 0 saturated carbocycles. The van der Waals surface area contributed by atoms with Crippen molar-refractivity contribution < 1.29 is 23.0 Å². The van der Waals surface area contributed by atoms with Gasteiger partial charge in [0.1, 0.15) is 5.82 Å². The fraction of sp³-hybridized carbons (Fsp3) is 0.545. The molecule has 0 radical (unpaired) electrons. The van der Waals surface area contributed by atoms with Gasteiger partial charge in [0.05, 0.1) is 29.9 Å². The maximum Gasteiger partial charge on any atom is 0.417 e. The van der Waals surface area contributed by atoms with Crippen molar-refractivity contribution >= 4 is 17.4 Å². The molecule has 0 aliphatic carbocycles. The number of nitrogens with zero attached hydrogens (tertiary/aromatic N) is 2. The average molecular weight is 297 g/mol. The van der Waals surface area contributed by atoms with E-state index in [1.807, 2.05) is 0 Å². The first-order chi connectivity index (χ1) is 8.91. The zero-order valence-corrected chi connectivity index (χ0v) is 10.6. The number of aromatic nitrogens is 1. The fourth-order valence-electron chi connectivity index (χ4n) is 1.84. The van der Waals surface area contributed by atoms with E-state index in [2.05, 4.69) is 4.98 Å². The van der Waals surface area contributed by atoms with Gasteiger partial charge < -0.3 is 14.7 Å². The number of morpholine rings is 1. The summed E-state index contributed by atoms with van der Waals surface area (Å²) in [5.74, 6) is 0.274. The second kappa shape index (κ2) is 5.52. The smallest absolute Gasteiger partial charge is 0.394 e. The van der Waals surface area contributed by atoms with Gasteiger partial charge >= 0.3 is 6.18 Å². The third-order valence-corrected chi connectivity index (χ3v) is 3.07. The van der Waals surface area contributed by atoms with Crippen LogP contribution in [-0.4, -0.2) is 42.5 Å². The molecule has 4 nitrogen and oxygen atoms in total. The molecule has 1 N–H and O–H groups in total. The molecule has 0 spiro atoms. The van der Waals surface area contributed by atoms with Crippen LogP contribution in [0.3, 0.4) is 0 Å². The Kier molecular flexibility index (Phi) is 4.17. The van der Waals surface area contributed by atoms with Crippen LogP contribution in [0.4, 0.5) is 19.0 Å². The molecule has 0 bridgehead atoms. The molecule has 8 heteroatoms. The summed E-state index contributed by atoms with van der Waals surface area (Å²) in [5.41, 5.74) is -0.881. The summed E-state index contributed by atoms with van der Waals surface area (Å²) in [6, 6.07) is 0.854. The summed E-state index contributed by atoms with van der Waals surface area (Å²) in [6.45, 7) is 1.02. The quantitative estimate of drug-likeness (QED) is 0.906. The van der Waals surface area contributed by atoms with Crippen molar-refractivity contribution in [3.8, 4) is 0 Å². The molecule has 1 aromatic rings. The van der Waals surface area contributed by atoms with Crippen LogP contribution >= 0.6 is 11.6 Å². The normalized spacial score (nSPS) is 20.7. The van der Waals surface area contributed by atoms with Crippen molar-refractivity contribution in [2.75, 3.05) is 31.2 Å². The molecule has 1 fully saturated rings. The van der Waals surface area contributed by atoms with E-state index in [0.29, 0.717) is 19.7 Å². The highest BCUT2D eigenvalue weighted by Gasteiger charge is 2.32. The van der Waals surface area contributed by atoms with Crippen LogP contribution in [0.15, 0.2) is 12.3 Å². The van der Waals surface area contributed by atoms with Crippen molar-refractivity contribution in [1.29, 1.82) is 0 Å². The van der Waals surface area contributed by atoms with Gasteiger partial charge in [-0.15, -0.1) is 0 Å². The fourth-order valence-corrected chi connectivity index (χ4v) is 2.13. The zero-order valence-electron chi connectivity index (χ0n) is 9.82.